The quantitative estimate of drug-likeness (QED) is 0.542. The van der Waals surface area contributed by atoms with E-state index in [1.54, 1.807) is 11.5 Å². The molecular weight excluding hydrogens is 367 g/mol. The molecular formula is C24H35FN2O2. The molecule has 1 aromatic rings. The van der Waals surface area contributed by atoms with E-state index in [-0.39, 0.29) is 11.4 Å². The summed E-state index contributed by atoms with van der Waals surface area (Å²) in [7, 11) is 0. The maximum atomic E-state index is 14.7. The third kappa shape index (κ3) is 4.09. The summed E-state index contributed by atoms with van der Waals surface area (Å²) in [5.41, 5.74) is 4.00. The standard InChI is InChI=1S/C24H35FN2O2/c1-3-5-21-19-10-16(6-4-8-24(21,2)13-19)14-27-9-7-17-11-18(23(28)26-29)12-22(25)20(17)15-27/h11-12,16,19,21,29H,3-10,13-15H2,1-2H3,(H,26,28)/t16?,19?,21-,24?/m1/s1. The first kappa shape index (κ1) is 20.8. The van der Waals surface area contributed by atoms with E-state index in [0.717, 1.165) is 42.5 Å². The van der Waals surface area contributed by atoms with Crippen LogP contribution in [0.5, 0.6) is 0 Å². The normalized spacial score (nSPS) is 31.9. The first-order valence-electron chi connectivity index (χ1n) is 11.4. The van der Waals surface area contributed by atoms with Crippen LogP contribution in [0.15, 0.2) is 12.1 Å². The van der Waals surface area contributed by atoms with Crippen molar-refractivity contribution in [2.75, 3.05) is 13.1 Å². The summed E-state index contributed by atoms with van der Waals surface area (Å²) in [4.78, 5) is 14.0. The van der Waals surface area contributed by atoms with E-state index in [0.29, 0.717) is 17.9 Å². The van der Waals surface area contributed by atoms with Crippen LogP contribution in [0.1, 0.15) is 80.3 Å². The summed E-state index contributed by atoms with van der Waals surface area (Å²) in [6.07, 6.45) is 10.2. The van der Waals surface area contributed by atoms with Crippen LogP contribution in [0.3, 0.4) is 0 Å². The van der Waals surface area contributed by atoms with E-state index in [2.05, 4.69) is 18.7 Å². The average Bonchev–Trinajstić information content (AvgIpc) is 2.69. The van der Waals surface area contributed by atoms with Gasteiger partial charge in [-0.25, -0.2) is 9.87 Å². The fourth-order valence-electron chi connectivity index (χ4n) is 6.63. The van der Waals surface area contributed by atoms with Crippen LogP contribution >= 0.6 is 0 Å². The molecule has 5 rings (SSSR count). The van der Waals surface area contributed by atoms with Gasteiger partial charge in [-0.05, 0) is 79.4 Å². The molecule has 160 valence electrons. The van der Waals surface area contributed by atoms with Crippen LogP contribution < -0.4 is 5.48 Å². The second kappa shape index (κ2) is 8.35. The highest BCUT2D eigenvalue weighted by atomic mass is 19.1. The largest absolute Gasteiger partial charge is 0.298 e. The molecule has 1 aromatic carbocycles. The summed E-state index contributed by atoms with van der Waals surface area (Å²) in [6, 6.07) is 2.97. The summed E-state index contributed by atoms with van der Waals surface area (Å²) >= 11 is 0. The number of benzene rings is 1. The molecule has 0 radical (unpaired) electrons. The zero-order chi connectivity index (χ0) is 20.6. The average molecular weight is 403 g/mol. The van der Waals surface area contributed by atoms with Gasteiger partial charge in [0.1, 0.15) is 5.82 Å². The number of carbonyl (C=O) groups excluding carboxylic acids is 1. The minimum absolute atomic E-state index is 0.187. The van der Waals surface area contributed by atoms with Crippen LogP contribution in [0.2, 0.25) is 0 Å². The van der Waals surface area contributed by atoms with Gasteiger partial charge in [-0.15, -0.1) is 0 Å². The Hall–Kier alpha value is -1.46. The number of fused-ring (bicyclic) bond motifs is 5. The van der Waals surface area contributed by atoms with Crippen molar-refractivity contribution >= 4 is 5.91 Å². The van der Waals surface area contributed by atoms with Gasteiger partial charge >= 0.3 is 0 Å². The third-order valence-corrected chi connectivity index (χ3v) is 8.04. The lowest BCUT2D eigenvalue weighted by Crippen LogP contribution is -2.48. The maximum Gasteiger partial charge on any atom is 0.274 e. The van der Waals surface area contributed by atoms with Crippen LogP contribution in [-0.4, -0.2) is 29.1 Å². The van der Waals surface area contributed by atoms with Crippen LogP contribution in [0.25, 0.3) is 0 Å². The predicted molar refractivity (Wildman–Crippen MR) is 111 cm³/mol. The molecule has 1 heterocycles. The molecule has 5 heteroatoms. The predicted octanol–water partition coefficient (Wildman–Crippen LogP) is 4.94. The molecule has 4 atom stereocenters. The van der Waals surface area contributed by atoms with E-state index >= 15 is 0 Å². The van der Waals surface area contributed by atoms with E-state index in [4.69, 9.17) is 5.21 Å². The molecule has 3 unspecified atom stereocenters. The van der Waals surface area contributed by atoms with E-state index in [9.17, 15) is 9.18 Å². The molecule has 2 bridgehead atoms. The number of carbonyl (C=O) groups is 1. The van der Waals surface area contributed by atoms with Crippen LogP contribution in [-0.2, 0) is 13.0 Å². The van der Waals surface area contributed by atoms with Gasteiger partial charge in [0, 0.05) is 30.8 Å². The first-order chi connectivity index (χ1) is 13.9. The lowest BCUT2D eigenvalue weighted by molar-refractivity contribution is -0.0692. The Kier molecular flexibility index (Phi) is 5.99. The van der Waals surface area contributed by atoms with Gasteiger partial charge in [-0.2, -0.15) is 0 Å². The van der Waals surface area contributed by atoms with Crippen molar-refractivity contribution in [2.24, 2.45) is 23.2 Å². The Morgan fingerprint density at radius 3 is 3.00 bits per heavy atom. The number of hydroxylamine groups is 1. The zero-order valence-corrected chi connectivity index (χ0v) is 17.8. The highest BCUT2D eigenvalue weighted by Crippen LogP contribution is 2.59. The molecule has 4 nitrogen and oxygen atoms in total. The summed E-state index contributed by atoms with van der Waals surface area (Å²) < 4.78 is 14.7. The van der Waals surface area contributed by atoms with Gasteiger partial charge in [0.15, 0.2) is 0 Å². The number of nitrogens with one attached hydrogen (secondary N) is 1. The monoisotopic (exact) mass is 402 g/mol. The lowest BCUT2D eigenvalue weighted by atomic mass is 9.49. The van der Waals surface area contributed by atoms with Crippen LogP contribution in [0.4, 0.5) is 4.39 Å². The minimum atomic E-state index is -0.655. The molecule has 29 heavy (non-hydrogen) atoms. The van der Waals surface area contributed by atoms with Crippen molar-refractivity contribution < 1.29 is 14.4 Å². The molecule has 1 aliphatic heterocycles. The Morgan fingerprint density at radius 2 is 2.24 bits per heavy atom. The Morgan fingerprint density at radius 1 is 1.41 bits per heavy atom. The number of hydrogen-bond donors (Lipinski definition) is 2. The first-order valence-corrected chi connectivity index (χ1v) is 11.4. The van der Waals surface area contributed by atoms with E-state index in [1.165, 1.54) is 51.0 Å². The minimum Gasteiger partial charge on any atom is -0.298 e. The van der Waals surface area contributed by atoms with E-state index in [1.807, 2.05) is 0 Å². The van der Waals surface area contributed by atoms with Crippen molar-refractivity contribution in [3.63, 3.8) is 0 Å². The van der Waals surface area contributed by atoms with Crippen molar-refractivity contribution in [2.45, 2.75) is 71.8 Å². The second-order valence-corrected chi connectivity index (χ2v) is 10.0. The van der Waals surface area contributed by atoms with Crippen LogP contribution in [0, 0.1) is 29.0 Å². The molecule has 0 spiro atoms. The third-order valence-electron chi connectivity index (χ3n) is 8.04. The molecule has 3 saturated carbocycles. The SMILES string of the molecule is CCC[C@@H]1C2CC(CN3CCc4cc(C(=O)NO)cc(F)c4C3)CCCC1(C)C2. The van der Waals surface area contributed by atoms with Crippen molar-refractivity contribution in [3.05, 3.63) is 34.6 Å². The number of rotatable bonds is 5. The zero-order valence-electron chi connectivity index (χ0n) is 17.8. The number of nitrogens with zero attached hydrogens (tertiary/aromatic N) is 1. The number of hydrogen-bond acceptors (Lipinski definition) is 3. The topological polar surface area (TPSA) is 52.6 Å². The van der Waals surface area contributed by atoms with Gasteiger partial charge in [-0.3, -0.25) is 14.9 Å². The number of halogens is 1. The number of amides is 1. The van der Waals surface area contributed by atoms with Gasteiger partial charge in [0.2, 0.25) is 0 Å². The molecule has 1 amide bonds. The molecule has 0 aromatic heterocycles. The summed E-state index contributed by atoms with van der Waals surface area (Å²) in [6.45, 7) is 7.42. The smallest absolute Gasteiger partial charge is 0.274 e. The van der Waals surface area contributed by atoms with Crippen molar-refractivity contribution in [3.8, 4) is 0 Å². The fourth-order valence-corrected chi connectivity index (χ4v) is 6.63. The lowest BCUT2D eigenvalue weighted by Gasteiger charge is -2.57. The fraction of sp³-hybridized carbons (Fsp3) is 0.708. The molecule has 0 saturated heterocycles. The Bertz CT molecular complexity index is 763. The van der Waals surface area contributed by atoms with Gasteiger partial charge in [0.05, 0.1) is 0 Å². The van der Waals surface area contributed by atoms with Gasteiger partial charge in [0.25, 0.3) is 5.91 Å². The highest BCUT2D eigenvalue weighted by molar-refractivity contribution is 5.93. The summed E-state index contributed by atoms with van der Waals surface area (Å²) in [5.74, 6) is 1.52. The maximum absolute atomic E-state index is 14.7. The Labute approximate surface area is 173 Å². The second-order valence-electron chi connectivity index (χ2n) is 10.0. The molecule has 3 aliphatic carbocycles. The molecule has 2 N–H and O–H groups in total. The molecule has 3 fully saturated rings. The van der Waals surface area contributed by atoms with Crippen molar-refractivity contribution in [1.82, 2.24) is 10.4 Å². The van der Waals surface area contributed by atoms with Crippen molar-refractivity contribution in [1.29, 1.82) is 0 Å². The molecule has 4 aliphatic rings. The van der Waals surface area contributed by atoms with Gasteiger partial charge in [-0.1, -0.05) is 26.7 Å². The summed E-state index contributed by atoms with van der Waals surface area (Å²) in [5, 5.41) is 8.81. The Balaban J connectivity index is 1.41. The highest BCUT2D eigenvalue weighted by Gasteiger charge is 2.50. The van der Waals surface area contributed by atoms with Gasteiger partial charge < -0.3 is 0 Å². The van der Waals surface area contributed by atoms with E-state index < -0.39 is 5.91 Å².